The first kappa shape index (κ1) is 17.9. The van der Waals surface area contributed by atoms with Gasteiger partial charge in [0.2, 0.25) is 5.88 Å². The van der Waals surface area contributed by atoms with E-state index < -0.39 is 0 Å². The maximum atomic E-state index is 5.67. The zero-order valence-electron chi connectivity index (χ0n) is 13.5. The molecule has 0 fully saturated rings. The molecule has 120 valence electrons. The molecule has 0 amide bonds. The lowest BCUT2D eigenvalue weighted by Gasteiger charge is -2.10. The fraction of sp³-hybridized carbons (Fsp3) is 0.688. The summed E-state index contributed by atoms with van der Waals surface area (Å²) in [6.45, 7) is 8.39. The molecule has 0 aliphatic rings. The van der Waals surface area contributed by atoms with Crippen LogP contribution in [-0.2, 0) is 22.4 Å². The topological polar surface area (TPSA) is 52.6 Å². The lowest BCUT2D eigenvalue weighted by molar-refractivity contribution is 0.0536. The van der Waals surface area contributed by atoms with Crippen LogP contribution >= 0.6 is 0 Å². The van der Waals surface area contributed by atoms with Crippen LogP contribution in [0.3, 0.4) is 0 Å². The first-order valence-corrected chi connectivity index (χ1v) is 7.70. The average molecular weight is 296 g/mol. The van der Waals surface area contributed by atoms with Crippen molar-refractivity contribution in [3.8, 4) is 5.88 Å². The van der Waals surface area contributed by atoms with Crippen LogP contribution in [0.1, 0.15) is 31.5 Å². The number of aromatic nitrogens is 1. The number of rotatable bonds is 12. The third kappa shape index (κ3) is 7.99. The predicted octanol–water partition coefficient (Wildman–Crippen LogP) is 2.19. The predicted molar refractivity (Wildman–Crippen MR) is 83.8 cm³/mol. The van der Waals surface area contributed by atoms with E-state index in [1.54, 1.807) is 7.11 Å². The van der Waals surface area contributed by atoms with Crippen LogP contribution in [0.5, 0.6) is 5.88 Å². The Morgan fingerprint density at radius 1 is 1.10 bits per heavy atom. The zero-order valence-corrected chi connectivity index (χ0v) is 13.5. The van der Waals surface area contributed by atoms with Gasteiger partial charge in [-0.05, 0) is 31.0 Å². The Hall–Kier alpha value is -1.17. The molecule has 1 heterocycles. The summed E-state index contributed by atoms with van der Waals surface area (Å²) in [5, 5.41) is 3.40. The number of methoxy groups -OCH3 is 1. The lowest BCUT2D eigenvalue weighted by Crippen LogP contribution is -2.15. The third-order valence-electron chi connectivity index (χ3n) is 2.94. The Labute approximate surface area is 128 Å². The molecule has 0 saturated carbocycles. The number of ether oxygens (including phenoxy) is 3. The van der Waals surface area contributed by atoms with Gasteiger partial charge < -0.3 is 19.5 Å². The minimum Gasteiger partial charge on any atom is -0.475 e. The molecule has 1 rings (SSSR count). The molecule has 0 aromatic carbocycles. The maximum Gasteiger partial charge on any atom is 0.213 e. The first-order valence-electron chi connectivity index (χ1n) is 7.70. The van der Waals surface area contributed by atoms with E-state index in [9.17, 15) is 0 Å². The Balaban J connectivity index is 2.42. The minimum absolute atomic E-state index is 0.506. The summed E-state index contributed by atoms with van der Waals surface area (Å²) in [4.78, 5) is 4.48. The second-order valence-corrected chi connectivity index (χ2v) is 4.79. The van der Waals surface area contributed by atoms with Gasteiger partial charge in [-0.15, -0.1) is 0 Å². The highest BCUT2D eigenvalue weighted by molar-refractivity contribution is 5.25. The number of nitrogens with zero attached hydrogens (tertiary/aromatic N) is 1. The largest absolute Gasteiger partial charge is 0.475 e. The fourth-order valence-electron chi connectivity index (χ4n) is 1.84. The monoisotopic (exact) mass is 296 g/mol. The molecule has 0 radical (unpaired) electrons. The van der Waals surface area contributed by atoms with Crippen LogP contribution in [0.15, 0.2) is 12.1 Å². The van der Waals surface area contributed by atoms with Crippen molar-refractivity contribution in [3.05, 3.63) is 23.4 Å². The highest BCUT2D eigenvalue weighted by Crippen LogP contribution is 2.13. The van der Waals surface area contributed by atoms with E-state index >= 15 is 0 Å². The average Bonchev–Trinajstić information content (AvgIpc) is 2.51. The van der Waals surface area contributed by atoms with E-state index in [2.05, 4.69) is 30.2 Å². The van der Waals surface area contributed by atoms with Gasteiger partial charge in [-0.1, -0.05) is 13.8 Å². The molecule has 21 heavy (non-hydrogen) atoms. The van der Waals surface area contributed by atoms with Crippen molar-refractivity contribution < 1.29 is 14.2 Å². The van der Waals surface area contributed by atoms with Gasteiger partial charge in [-0.3, -0.25) is 0 Å². The molecule has 0 atom stereocenters. The molecule has 0 unspecified atom stereocenters. The molecule has 1 aromatic rings. The van der Waals surface area contributed by atoms with Gasteiger partial charge in [0.25, 0.3) is 0 Å². The summed E-state index contributed by atoms with van der Waals surface area (Å²) in [5.41, 5.74) is 2.27. The molecule has 0 aliphatic carbocycles. The number of hydrogen-bond acceptors (Lipinski definition) is 5. The molecule has 1 aromatic heterocycles. The van der Waals surface area contributed by atoms with Gasteiger partial charge >= 0.3 is 0 Å². The van der Waals surface area contributed by atoms with E-state index in [1.165, 1.54) is 5.56 Å². The lowest BCUT2D eigenvalue weighted by atomic mass is 10.2. The summed E-state index contributed by atoms with van der Waals surface area (Å²) in [6, 6.07) is 4.13. The van der Waals surface area contributed by atoms with E-state index in [1.807, 2.05) is 6.07 Å². The summed E-state index contributed by atoms with van der Waals surface area (Å²) >= 11 is 0. The summed E-state index contributed by atoms with van der Waals surface area (Å²) in [7, 11) is 1.66. The fourth-order valence-corrected chi connectivity index (χ4v) is 1.84. The molecular formula is C16H28N2O3. The van der Waals surface area contributed by atoms with Crippen LogP contribution < -0.4 is 10.1 Å². The quantitative estimate of drug-likeness (QED) is 0.599. The van der Waals surface area contributed by atoms with Crippen molar-refractivity contribution in [2.45, 2.75) is 33.2 Å². The number of pyridine rings is 1. The molecule has 0 spiro atoms. The van der Waals surface area contributed by atoms with E-state index in [0.29, 0.717) is 32.3 Å². The van der Waals surface area contributed by atoms with Gasteiger partial charge in [-0.25, -0.2) is 4.98 Å². The van der Waals surface area contributed by atoms with E-state index in [0.717, 1.165) is 31.6 Å². The van der Waals surface area contributed by atoms with Gasteiger partial charge in [0, 0.05) is 25.4 Å². The molecular weight excluding hydrogens is 268 g/mol. The van der Waals surface area contributed by atoms with E-state index in [4.69, 9.17) is 14.2 Å². The first-order chi connectivity index (χ1) is 10.3. The third-order valence-corrected chi connectivity index (χ3v) is 2.94. The highest BCUT2D eigenvalue weighted by atomic mass is 16.5. The zero-order chi connectivity index (χ0) is 15.3. The van der Waals surface area contributed by atoms with Gasteiger partial charge in [0.1, 0.15) is 6.61 Å². The number of nitrogens with one attached hydrogen (secondary N) is 1. The smallest absolute Gasteiger partial charge is 0.213 e. The molecule has 5 nitrogen and oxygen atoms in total. The minimum atomic E-state index is 0.506. The Bertz CT molecular complexity index is 386. The van der Waals surface area contributed by atoms with Crippen LogP contribution in [0.2, 0.25) is 0 Å². The normalized spacial score (nSPS) is 10.8. The Kier molecular flexibility index (Phi) is 9.78. The second-order valence-electron chi connectivity index (χ2n) is 4.79. The Morgan fingerprint density at radius 2 is 1.90 bits per heavy atom. The summed E-state index contributed by atoms with van der Waals surface area (Å²) < 4.78 is 16.0. The van der Waals surface area contributed by atoms with Crippen molar-refractivity contribution in [1.29, 1.82) is 0 Å². The molecule has 0 saturated heterocycles. The standard InChI is InChI=1S/C16H28N2O3/c1-4-6-17-13-14-11-15(5-2)18-16(12-14)21-10-9-20-8-7-19-3/h11-12,17H,4-10,13H2,1-3H3. The van der Waals surface area contributed by atoms with Crippen molar-refractivity contribution >= 4 is 0 Å². The van der Waals surface area contributed by atoms with E-state index in [-0.39, 0.29) is 0 Å². The van der Waals surface area contributed by atoms with Crippen LogP contribution in [-0.4, -0.2) is 45.1 Å². The van der Waals surface area contributed by atoms with Crippen molar-refractivity contribution in [2.75, 3.05) is 40.1 Å². The van der Waals surface area contributed by atoms with Crippen molar-refractivity contribution in [2.24, 2.45) is 0 Å². The van der Waals surface area contributed by atoms with Crippen LogP contribution in [0.25, 0.3) is 0 Å². The highest BCUT2D eigenvalue weighted by Gasteiger charge is 2.03. The molecule has 0 bridgehead atoms. The van der Waals surface area contributed by atoms with Gasteiger partial charge in [-0.2, -0.15) is 0 Å². The number of aryl methyl sites for hydroxylation is 1. The summed E-state index contributed by atoms with van der Waals surface area (Å²) in [6.07, 6.45) is 2.04. The maximum absolute atomic E-state index is 5.67. The second kappa shape index (κ2) is 11.5. The van der Waals surface area contributed by atoms with Crippen molar-refractivity contribution in [1.82, 2.24) is 10.3 Å². The molecule has 5 heteroatoms. The SMILES string of the molecule is CCCNCc1cc(CC)nc(OCCOCCOC)c1. The number of hydrogen-bond donors (Lipinski definition) is 1. The Morgan fingerprint density at radius 3 is 2.62 bits per heavy atom. The summed E-state index contributed by atoms with van der Waals surface area (Å²) in [5.74, 6) is 0.679. The molecule has 1 N–H and O–H groups in total. The van der Waals surface area contributed by atoms with Crippen molar-refractivity contribution in [3.63, 3.8) is 0 Å². The van der Waals surface area contributed by atoms with Crippen LogP contribution in [0.4, 0.5) is 0 Å². The van der Waals surface area contributed by atoms with Crippen LogP contribution in [0, 0.1) is 0 Å². The van der Waals surface area contributed by atoms with Gasteiger partial charge in [0.05, 0.1) is 19.8 Å². The molecule has 0 aliphatic heterocycles. The van der Waals surface area contributed by atoms with Gasteiger partial charge in [0.15, 0.2) is 0 Å².